The molecule has 0 spiro atoms. The molecule has 4 atom stereocenters. The first kappa shape index (κ1) is 13.4. The number of nitrogens with two attached hydrogens (primary N) is 1. The molecule has 3 N–H and O–H groups in total. The van der Waals surface area contributed by atoms with Crippen LogP contribution in [-0.4, -0.2) is 6.04 Å². The molecular weight excluding hydrogens is 256 g/mol. The second-order valence-electron chi connectivity index (χ2n) is 6.37. The van der Waals surface area contributed by atoms with Gasteiger partial charge in [-0.05, 0) is 67.6 Å². The standard InChI is InChI=1S/C16H23ClN2/c17-15-3-1-2-11(8-15)9-16(19-18)10-14-7-12-4-5-13(14)6-12/h1-3,8,12-14,16,19H,4-7,9-10,18H2. The molecule has 2 aliphatic carbocycles. The number of benzene rings is 1. The van der Waals surface area contributed by atoms with E-state index in [0.717, 1.165) is 29.2 Å². The molecule has 2 saturated carbocycles. The maximum Gasteiger partial charge on any atom is 0.0408 e. The molecule has 3 rings (SSSR count). The van der Waals surface area contributed by atoms with Gasteiger partial charge in [-0.25, -0.2) is 0 Å². The van der Waals surface area contributed by atoms with Gasteiger partial charge in [-0.15, -0.1) is 0 Å². The molecule has 1 aromatic rings. The minimum Gasteiger partial charge on any atom is -0.271 e. The van der Waals surface area contributed by atoms with Crippen LogP contribution in [0.15, 0.2) is 24.3 Å². The third kappa shape index (κ3) is 3.13. The molecule has 0 heterocycles. The van der Waals surface area contributed by atoms with E-state index in [-0.39, 0.29) is 0 Å². The third-order valence-corrected chi connectivity index (χ3v) is 5.31. The summed E-state index contributed by atoms with van der Waals surface area (Å²) in [6.45, 7) is 0. The SMILES string of the molecule is NNC(Cc1cccc(Cl)c1)CC1CC2CCC1C2. The lowest BCUT2D eigenvalue weighted by molar-refractivity contribution is 0.277. The number of nitrogens with one attached hydrogen (secondary N) is 1. The summed E-state index contributed by atoms with van der Waals surface area (Å²) in [6, 6.07) is 8.50. The van der Waals surface area contributed by atoms with Crippen LogP contribution in [0.1, 0.15) is 37.7 Å². The van der Waals surface area contributed by atoms with Crippen LogP contribution >= 0.6 is 11.6 Å². The Balaban J connectivity index is 1.59. The van der Waals surface area contributed by atoms with Crippen molar-refractivity contribution >= 4 is 11.6 Å². The normalized spacial score (nSPS) is 30.7. The number of rotatable bonds is 5. The summed E-state index contributed by atoms with van der Waals surface area (Å²) in [6.07, 6.45) is 8.01. The van der Waals surface area contributed by atoms with E-state index in [1.165, 1.54) is 37.7 Å². The van der Waals surface area contributed by atoms with Crippen molar-refractivity contribution in [2.75, 3.05) is 0 Å². The largest absolute Gasteiger partial charge is 0.271 e. The summed E-state index contributed by atoms with van der Waals surface area (Å²) in [7, 11) is 0. The average molecular weight is 279 g/mol. The molecule has 4 unspecified atom stereocenters. The summed E-state index contributed by atoms with van der Waals surface area (Å²) < 4.78 is 0. The quantitative estimate of drug-likeness (QED) is 0.639. The predicted molar refractivity (Wildman–Crippen MR) is 79.8 cm³/mol. The maximum atomic E-state index is 6.04. The van der Waals surface area contributed by atoms with Gasteiger partial charge in [-0.2, -0.15) is 0 Å². The molecule has 1 aromatic carbocycles. The summed E-state index contributed by atoms with van der Waals surface area (Å²) >= 11 is 6.04. The van der Waals surface area contributed by atoms with Gasteiger partial charge < -0.3 is 0 Å². The Labute approximate surface area is 120 Å². The smallest absolute Gasteiger partial charge is 0.0408 e. The van der Waals surface area contributed by atoms with Crippen LogP contribution in [0.4, 0.5) is 0 Å². The van der Waals surface area contributed by atoms with Gasteiger partial charge in [0.1, 0.15) is 0 Å². The second-order valence-corrected chi connectivity index (χ2v) is 6.80. The number of halogens is 1. The zero-order valence-corrected chi connectivity index (χ0v) is 12.1. The summed E-state index contributed by atoms with van der Waals surface area (Å²) in [5.41, 5.74) is 4.29. The minimum atomic E-state index is 0.378. The Morgan fingerprint density at radius 2 is 2.21 bits per heavy atom. The van der Waals surface area contributed by atoms with Crippen molar-refractivity contribution in [2.45, 2.75) is 44.6 Å². The Hall–Kier alpha value is -0.570. The number of hydrogen-bond acceptors (Lipinski definition) is 2. The molecule has 3 heteroatoms. The highest BCUT2D eigenvalue weighted by Gasteiger charge is 2.39. The first-order chi connectivity index (χ1) is 9.24. The van der Waals surface area contributed by atoms with Crippen LogP contribution in [0.5, 0.6) is 0 Å². The number of fused-ring (bicyclic) bond motifs is 2. The van der Waals surface area contributed by atoms with Gasteiger partial charge in [0.15, 0.2) is 0 Å². The summed E-state index contributed by atoms with van der Waals surface area (Å²) in [5.74, 6) is 8.63. The Bertz CT molecular complexity index is 435. The van der Waals surface area contributed by atoms with Crippen LogP contribution < -0.4 is 11.3 Å². The van der Waals surface area contributed by atoms with Gasteiger partial charge in [0.05, 0.1) is 0 Å². The number of hydrogen-bond donors (Lipinski definition) is 2. The zero-order valence-electron chi connectivity index (χ0n) is 11.3. The first-order valence-electron chi connectivity index (χ1n) is 7.45. The van der Waals surface area contributed by atoms with E-state index >= 15 is 0 Å². The first-order valence-corrected chi connectivity index (χ1v) is 7.83. The van der Waals surface area contributed by atoms with E-state index in [1.807, 2.05) is 18.2 Å². The van der Waals surface area contributed by atoms with Gasteiger partial charge in [0, 0.05) is 11.1 Å². The van der Waals surface area contributed by atoms with E-state index in [1.54, 1.807) is 0 Å². The topological polar surface area (TPSA) is 38.0 Å². The van der Waals surface area contributed by atoms with Crippen LogP contribution in [0.2, 0.25) is 5.02 Å². The fourth-order valence-electron chi connectivity index (χ4n) is 4.19. The Morgan fingerprint density at radius 3 is 2.84 bits per heavy atom. The Kier molecular flexibility index (Phi) is 4.11. The minimum absolute atomic E-state index is 0.378. The molecule has 19 heavy (non-hydrogen) atoms. The van der Waals surface area contributed by atoms with Gasteiger partial charge in [0.2, 0.25) is 0 Å². The zero-order chi connectivity index (χ0) is 13.2. The lowest BCUT2D eigenvalue weighted by Crippen LogP contribution is -2.39. The van der Waals surface area contributed by atoms with Crippen molar-refractivity contribution < 1.29 is 0 Å². The monoisotopic (exact) mass is 278 g/mol. The van der Waals surface area contributed by atoms with Crippen LogP contribution in [0.25, 0.3) is 0 Å². The lowest BCUT2D eigenvalue weighted by Gasteiger charge is -2.26. The molecule has 2 fully saturated rings. The van der Waals surface area contributed by atoms with E-state index in [0.29, 0.717) is 6.04 Å². The average Bonchev–Trinajstić information content (AvgIpc) is 3.00. The Morgan fingerprint density at radius 1 is 1.32 bits per heavy atom. The molecule has 0 aromatic heterocycles. The van der Waals surface area contributed by atoms with Gasteiger partial charge in [0.25, 0.3) is 0 Å². The maximum absolute atomic E-state index is 6.04. The molecule has 2 bridgehead atoms. The summed E-state index contributed by atoms with van der Waals surface area (Å²) in [4.78, 5) is 0. The predicted octanol–water partition coefficient (Wildman–Crippen LogP) is 3.54. The lowest BCUT2D eigenvalue weighted by atomic mass is 9.83. The van der Waals surface area contributed by atoms with Crippen molar-refractivity contribution in [3.8, 4) is 0 Å². The van der Waals surface area contributed by atoms with Gasteiger partial charge >= 0.3 is 0 Å². The molecular formula is C16H23ClN2. The van der Waals surface area contributed by atoms with E-state index in [2.05, 4.69) is 11.5 Å². The van der Waals surface area contributed by atoms with E-state index in [4.69, 9.17) is 17.4 Å². The molecule has 104 valence electrons. The van der Waals surface area contributed by atoms with Crippen LogP contribution in [0, 0.1) is 17.8 Å². The van der Waals surface area contributed by atoms with Gasteiger partial charge in [-0.3, -0.25) is 11.3 Å². The van der Waals surface area contributed by atoms with Gasteiger partial charge in [-0.1, -0.05) is 30.2 Å². The van der Waals surface area contributed by atoms with Crippen molar-refractivity contribution in [2.24, 2.45) is 23.6 Å². The second kappa shape index (κ2) is 5.82. The molecule has 0 radical (unpaired) electrons. The molecule has 0 aliphatic heterocycles. The highest BCUT2D eigenvalue weighted by atomic mass is 35.5. The fourth-order valence-corrected chi connectivity index (χ4v) is 4.40. The van der Waals surface area contributed by atoms with Crippen LogP contribution in [0.3, 0.4) is 0 Å². The third-order valence-electron chi connectivity index (χ3n) is 5.08. The highest BCUT2D eigenvalue weighted by molar-refractivity contribution is 6.30. The summed E-state index contributed by atoms with van der Waals surface area (Å²) in [5, 5.41) is 0.813. The van der Waals surface area contributed by atoms with E-state index < -0.39 is 0 Å². The molecule has 2 nitrogen and oxygen atoms in total. The van der Waals surface area contributed by atoms with Crippen molar-refractivity contribution in [3.05, 3.63) is 34.9 Å². The fraction of sp³-hybridized carbons (Fsp3) is 0.625. The van der Waals surface area contributed by atoms with Crippen molar-refractivity contribution in [3.63, 3.8) is 0 Å². The molecule has 2 aliphatic rings. The van der Waals surface area contributed by atoms with E-state index in [9.17, 15) is 0 Å². The van der Waals surface area contributed by atoms with Crippen molar-refractivity contribution in [1.29, 1.82) is 0 Å². The molecule has 0 saturated heterocycles. The highest BCUT2D eigenvalue weighted by Crippen LogP contribution is 2.49. The van der Waals surface area contributed by atoms with Crippen LogP contribution in [-0.2, 0) is 6.42 Å². The molecule has 0 amide bonds. The van der Waals surface area contributed by atoms with Crippen molar-refractivity contribution in [1.82, 2.24) is 5.43 Å². The number of hydrazine groups is 1.